The Hall–Kier alpha value is -2.89. The van der Waals surface area contributed by atoms with Gasteiger partial charge in [-0.2, -0.15) is 0 Å². The standard InChI is InChI=1S/C16H14N2O4/c19-14-7-3-6-12(17-14)15(20)18-9-11-5-2-1-4-10(11)8-13(18)16(21)22/h1-7,13H,8-9H2,(H,17,19)(H,21,22). The molecule has 6 heteroatoms. The molecule has 0 spiro atoms. The van der Waals surface area contributed by atoms with Crippen LogP contribution >= 0.6 is 0 Å². The van der Waals surface area contributed by atoms with E-state index in [1.54, 1.807) is 0 Å². The van der Waals surface area contributed by atoms with Crippen LogP contribution in [0.5, 0.6) is 0 Å². The van der Waals surface area contributed by atoms with Crippen molar-refractivity contribution < 1.29 is 14.7 Å². The van der Waals surface area contributed by atoms with Crippen LogP contribution in [0, 0.1) is 0 Å². The minimum atomic E-state index is -1.05. The fourth-order valence-corrected chi connectivity index (χ4v) is 2.68. The van der Waals surface area contributed by atoms with Gasteiger partial charge in [0.05, 0.1) is 0 Å². The number of aromatic nitrogens is 1. The molecule has 1 aliphatic heterocycles. The molecule has 3 rings (SSSR count). The Bertz CT molecular complexity index is 796. The van der Waals surface area contributed by atoms with Crippen LogP contribution in [-0.4, -0.2) is 32.9 Å². The molecular formula is C16H14N2O4. The molecule has 1 amide bonds. The summed E-state index contributed by atoms with van der Waals surface area (Å²) in [5.74, 6) is -1.54. The van der Waals surface area contributed by atoms with Gasteiger partial charge in [-0.1, -0.05) is 30.3 Å². The number of amides is 1. The van der Waals surface area contributed by atoms with E-state index < -0.39 is 23.5 Å². The number of pyridine rings is 1. The topological polar surface area (TPSA) is 90.5 Å². The molecule has 2 aromatic rings. The van der Waals surface area contributed by atoms with Gasteiger partial charge in [0.2, 0.25) is 5.56 Å². The van der Waals surface area contributed by atoms with Gasteiger partial charge >= 0.3 is 5.97 Å². The normalized spacial score (nSPS) is 16.9. The molecule has 1 aliphatic rings. The van der Waals surface area contributed by atoms with Crippen molar-refractivity contribution in [2.75, 3.05) is 0 Å². The van der Waals surface area contributed by atoms with Crippen molar-refractivity contribution in [1.29, 1.82) is 0 Å². The van der Waals surface area contributed by atoms with Crippen molar-refractivity contribution in [1.82, 2.24) is 9.88 Å². The second-order valence-corrected chi connectivity index (χ2v) is 5.19. The molecule has 2 heterocycles. The third-order valence-corrected chi connectivity index (χ3v) is 3.79. The number of benzene rings is 1. The number of carboxylic acid groups (broad SMARTS) is 1. The Morgan fingerprint density at radius 3 is 2.50 bits per heavy atom. The Balaban J connectivity index is 1.99. The monoisotopic (exact) mass is 298 g/mol. The number of hydrogen-bond acceptors (Lipinski definition) is 3. The van der Waals surface area contributed by atoms with Gasteiger partial charge in [-0.25, -0.2) is 4.79 Å². The molecule has 0 saturated carbocycles. The average molecular weight is 298 g/mol. The summed E-state index contributed by atoms with van der Waals surface area (Å²) in [5.41, 5.74) is 1.56. The molecule has 1 aromatic carbocycles. The third kappa shape index (κ3) is 2.50. The molecule has 2 N–H and O–H groups in total. The van der Waals surface area contributed by atoms with Crippen LogP contribution in [0.1, 0.15) is 21.6 Å². The number of rotatable bonds is 2. The highest BCUT2D eigenvalue weighted by atomic mass is 16.4. The number of aromatic amines is 1. The van der Waals surface area contributed by atoms with Crippen LogP contribution in [-0.2, 0) is 17.8 Å². The SMILES string of the molecule is O=C(O)C1Cc2ccccc2CN1C(=O)c1cccc(=O)[nH]1. The maximum Gasteiger partial charge on any atom is 0.326 e. The molecule has 0 saturated heterocycles. The summed E-state index contributed by atoms with van der Waals surface area (Å²) in [5, 5.41) is 9.42. The maximum atomic E-state index is 12.6. The van der Waals surface area contributed by atoms with Crippen molar-refractivity contribution >= 4 is 11.9 Å². The van der Waals surface area contributed by atoms with Crippen molar-refractivity contribution in [3.63, 3.8) is 0 Å². The molecule has 1 atom stereocenters. The number of hydrogen-bond donors (Lipinski definition) is 2. The number of carbonyl (C=O) groups excluding carboxylic acids is 1. The number of nitrogens with zero attached hydrogens (tertiary/aromatic N) is 1. The minimum absolute atomic E-state index is 0.0955. The van der Waals surface area contributed by atoms with E-state index in [-0.39, 0.29) is 18.7 Å². The van der Waals surface area contributed by atoms with Crippen LogP contribution in [0.2, 0.25) is 0 Å². The highest BCUT2D eigenvalue weighted by molar-refractivity contribution is 5.95. The quantitative estimate of drug-likeness (QED) is 0.866. The molecule has 0 bridgehead atoms. The maximum absolute atomic E-state index is 12.6. The van der Waals surface area contributed by atoms with Crippen molar-refractivity contribution in [3.8, 4) is 0 Å². The lowest BCUT2D eigenvalue weighted by molar-refractivity contribution is -0.142. The summed E-state index contributed by atoms with van der Waals surface area (Å²) >= 11 is 0. The first-order valence-corrected chi connectivity index (χ1v) is 6.86. The first kappa shape index (κ1) is 14.1. The fraction of sp³-hybridized carbons (Fsp3) is 0.188. The number of aliphatic carboxylic acids is 1. The Morgan fingerprint density at radius 1 is 1.09 bits per heavy atom. The van der Waals surface area contributed by atoms with Crippen LogP contribution in [0.3, 0.4) is 0 Å². The van der Waals surface area contributed by atoms with Crippen LogP contribution in [0.25, 0.3) is 0 Å². The number of carbonyl (C=O) groups is 2. The molecule has 0 aliphatic carbocycles. The molecule has 0 fully saturated rings. The van der Waals surface area contributed by atoms with E-state index in [1.165, 1.54) is 23.1 Å². The Morgan fingerprint density at radius 2 is 1.82 bits per heavy atom. The summed E-state index contributed by atoms with van der Waals surface area (Å²) in [6.45, 7) is 0.211. The van der Waals surface area contributed by atoms with Crippen LogP contribution in [0.4, 0.5) is 0 Å². The highest BCUT2D eigenvalue weighted by Crippen LogP contribution is 2.24. The lowest BCUT2D eigenvalue weighted by atomic mass is 9.93. The van der Waals surface area contributed by atoms with E-state index in [2.05, 4.69) is 4.98 Å². The summed E-state index contributed by atoms with van der Waals surface area (Å²) in [6.07, 6.45) is 0.258. The summed E-state index contributed by atoms with van der Waals surface area (Å²) in [7, 11) is 0. The third-order valence-electron chi connectivity index (χ3n) is 3.79. The first-order chi connectivity index (χ1) is 10.6. The summed E-state index contributed by atoms with van der Waals surface area (Å²) < 4.78 is 0. The van der Waals surface area contributed by atoms with Crippen LogP contribution in [0.15, 0.2) is 47.3 Å². The number of nitrogens with one attached hydrogen (secondary N) is 1. The van der Waals surface area contributed by atoms with Gasteiger partial charge in [0.15, 0.2) is 0 Å². The van der Waals surface area contributed by atoms with Gasteiger partial charge in [0.25, 0.3) is 5.91 Å². The predicted octanol–water partition coefficient (Wildman–Crippen LogP) is 1.03. The van der Waals surface area contributed by atoms with Gasteiger partial charge in [-0.3, -0.25) is 9.59 Å². The van der Waals surface area contributed by atoms with Crippen LogP contribution < -0.4 is 5.56 Å². The number of fused-ring (bicyclic) bond motifs is 1. The number of carboxylic acids is 1. The zero-order valence-electron chi connectivity index (χ0n) is 11.7. The van der Waals surface area contributed by atoms with Gasteiger partial charge in [0.1, 0.15) is 11.7 Å². The number of H-pyrrole nitrogens is 1. The zero-order valence-corrected chi connectivity index (χ0v) is 11.7. The van der Waals surface area contributed by atoms with E-state index >= 15 is 0 Å². The molecule has 112 valence electrons. The smallest absolute Gasteiger partial charge is 0.326 e. The van der Waals surface area contributed by atoms with Gasteiger partial charge in [0, 0.05) is 19.0 Å². The molecule has 6 nitrogen and oxygen atoms in total. The van der Waals surface area contributed by atoms with Gasteiger partial charge in [-0.15, -0.1) is 0 Å². The van der Waals surface area contributed by atoms with Crippen molar-refractivity contribution in [2.45, 2.75) is 19.0 Å². The lowest BCUT2D eigenvalue weighted by Crippen LogP contribution is -2.49. The second kappa shape index (κ2) is 5.48. The summed E-state index contributed by atoms with van der Waals surface area (Å²) in [4.78, 5) is 39.2. The van der Waals surface area contributed by atoms with E-state index in [0.717, 1.165) is 11.1 Å². The van der Waals surface area contributed by atoms with Crippen molar-refractivity contribution in [2.24, 2.45) is 0 Å². The van der Waals surface area contributed by atoms with E-state index in [4.69, 9.17) is 0 Å². The van der Waals surface area contributed by atoms with E-state index in [9.17, 15) is 19.5 Å². The Kier molecular flexibility index (Phi) is 3.50. The van der Waals surface area contributed by atoms with E-state index in [1.807, 2.05) is 24.3 Å². The largest absolute Gasteiger partial charge is 0.480 e. The summed E-state index contributed by atoms with van der Waals surface area (Å²) in [6, 6.07) is 10.8. The molecule has 1 aromatic heterocycles. The molecule has 0 radical (unpaired) electrons. The highest BCUT2D eigenvalue weighted by Gasteiger charge is 2.35. The van der Waals surface area contributed by atoms with Gasteiger partial charge < -0.3 is 15.0 Å². The second-order valence-electron chi connectivity index (χ2n) is 5.19. The first-order valence-electron chi connectivity index (χ1n) is 6.86. The van der Waals surface area contributed by atoms with Crippen molar-refractivity contribution in [3.05, 3.63) is 69.6 Å². The Labute approximate surface area is 126 Å². The predicted molar refractivity (Wildman–Crippen MR) is 78.5 cm³/mol. The lowest BCUT2D eigenvalue weighted by Gasteiger charge is -2.34. The fourth-order valence-electron chi connectivity index (χ4n) is 2.68. The van der Waals surface area contributed by atoms with Gasteiger partial charge in [-0.05, 0) is 17.2 Å². The minimum Gasteiger partial charge on any atom is -0.480 e. The molecule has 22 heavy (non-hydrogen) atoms. The molecule has 1 unspecified atom stereocenters. The zero-order chi connectivity index (χ0) is 15.7. The van der Waals surface area contributed by atoms with E-state index in [0.29, 0.717) is 0 Å². The average Bonchev–Trinajstić information content (AvgIpc) is 2.52. The molecular weight excluding hydrogens is 284 g/mol.